The van der Waals surface area contributed by atoms with Crippen molar-refractivity contribution in [3.8, 4) is 11.1 Å². The summed E-state index contributed by atoms with van der Waals surface area (Å²) in [6.45, 7) is 0.579. The first-order valence-corrected chi connectivity index (χ1v) is 7.83. The number of rotatable bonds is 4. The van der Waals surface area contributed by atoms with Gasteiger partial charge in [-0.15, -0.1) is 0 Å². The summed E-state index contributed by atoms with van der Waals surface area (Å²) in [5.74, 6) is -0.257. The standard InChI is InChI=1S/C19H15FN4O/c20-15-2-4-16(5-3-15)22-10-12-7-14(11-21-9-12)13-1-6-17-18(8-13)24-19(25)23-17/h1-9,11,22H,10H2,(H2,23,24,25). The molecule has 0 saturated heterocycles. The van der Waals surface area contributed by atoms with Crippen molar-refractivity contribution >= 4 is 16.7 Å². The third-order valence-corrected chi connectivity index (χ3v) is 3.99. The maximum Gasteiger partial charge on any atom is 0.323 e. The molecule has 3 N–H and O–H groups in total. The van der Waals surface area contributed by atoms with Gasteiger partial charge >= 0.3 is 5.69 Å². The van der Waals surface area contributed by atoms with Gasteiger partial charge in [0.1, 0.15) is 5.82 Å². The Hall–Kier alpha value is -3.41. The summed E-state index contributed by atoms with van der Waals surface area (Å²) in [4.78, 5) is 21.2. The fourth-order valence-electron chi connectivity index (χ4n) is 2.73. The van der Waals surface area contributed by atoms with E-state index in [1.165, 1.54) is 12.1 Å². The molecule has 2 aromatic heterocycles. The van der Waals surface area contributed by atoms with Gasteiger partial charge in [-0.05, 0) is 53.6 Å². The molecule has 0 atom stereocenters. The van der Waals surface area contributed by atoms with E-state index in [0.717, 1.165) is 33.4 Å². The number of hydrogen-bond donors (Lipinski definition) is 3. The van der Waals surface area contributed by atoms with Gasteiger partial charge in [0.05, 0.1) is 11.0 Å². The lowest BCUT2D eigenvalue weighted by molar-refractivity contribution is 0.628. The van der Waals surface area contributed by atoms with Crippen molar-refractivity contribution < 1.29 is 4.39 Å². The van der Waals surface area contributed by atoms with Crippen LogP contribution in [0.4, 0.5) is 10.1 Å². The Balaban J connectivity index is 1.57. The fourth-order valence-corrected chi connectivity index (χ4v) is 2.73. The van der Waals surface area contributed by atoms with E-state index in [4.69, 9.17) is 0 Å². The quantitative estimate of drug-likeness (QED) is 0.533. The molecule has 0 aliphatic rings. The van der Waals surface area contributed by atoms with Gasteiger partial charge in [-0.2, -0.15) is 0 Å². The summed E-state index contributed by atoms with van der Waals surface area (Å²) < 4.78 is 12.9. The number of fused-ring (bicyclic) bond motifs is 1. The molecule has 0 saturated carbocycles. The molecule has 2 heterocycles. The normalized spacial score (nSPS) is 10.9. The van der Waals surface area contributed by atoms with Gasteiger partial charge in [0.2, 0.25) is 0 Å². The van der Waals surface area contributed by atoms with Crippen molar-refractivity contribution in [2.45, 2.75) is 6.54 Å². The van der Waals surface area contributed by atoms with E-state index in [1.54, 1.807) is 24.5 Å². The van der Waals surface area contributed by atoms with Crippen LogP contribution in [-0.2, 0) is 6.54 Å². The van der Waals surface area contributed by atoms with Crippen LogP contribution in [0.3, 0.4) is 0 Å². The summed E-state index contributed by atoms with van der Waals surface area (Å²) in [5, 5.41) is 3.24. The number of aromatic nitrogens is 3. The first-order valence-electron chi connectivity index (χ1n) is 7.83. The molecule has 2 aromatic carbocycles. The number of pyridine rings is 1. The van der Waals surface area contributed by atoms with Crippen LogP contribution in [0.5, 0.6) is 0 Å². The second kappa shape index (κ2) is 6.24. The van der Waals surface area contributed by atoms with Crippen molar-refractivity contribution in [1.82, 2.24) is 15.0 Å². The lowest BCUT2D eigenvalue weighted by atomic mass is 10.1. The number of H-pyrrole nitrogens is 2. The maximum atomic E-state index is 12.9. The Morgan fingerprint density at radius 3 is 2.56 bits per heavy atom. The van der Waals surface area contributed by atoms with Crippen LogP contribution in [0.25, 0.3) is 22.2 Å². The maximum absolute atomic E-state index is 12.9. The van der Waals surface area contributed by atoms with Crippen LogP contribution in [0.2, 0.25) is 0 Å². The molecule has 5 nitrogen and oxygen atoms in total. The highest BCUT2D eigenvalue weighted by Crippen LogP contribution is 2.23. The Labute approximate surface area is 142 Å². The minimum Gasteiger partial charge on any atom is -0.381 e. The molecular weight excluding hydrogens is 319 g/mol. The van der Waals surface area contributed by atoms with Crippen LogP contribution in [0.15, 0.2) is 65.7 Å². The highest BCUT2D eigenvalue weighted by atomic mass is 19.1. The number of benzene rings is 2. The van der Waals surface area contributed by atoms with Crippen LogP contribution in [0, 0.1) is 5.82 Å². The van der Waals surface area contributed by atoms with Gasteiger partial charge in [0, 0.05) is 30.2 Å². The van der Waals surface area contributed by atoms with Gasteiger partial charge in [0.25, 0.3) is 0 Å². The summed E-state index contributed by atoms with van der Waals surface area (Å²) in [7, 11) is 0. The van der Waals surface area contributed by atoms with Gasteiger partial charge in [-0.3, -0.25) is 4.98 Å². The monoisotopic (exact) mass is 334 g/mol. The SMILES string of the molecule is O=c1[nH]c2ccc(-c3cncc(CNc4ccc(F)cc4)c3)cc2[nH]1. The highest BCUT2D eigenvalue weighted by Gasteiger charge is 2.04. The minimum absolute atomic E-state index is 0.220. The predicted molar refractivity (Wildman–Crippen MR) is 95.9 cm³/mol. The molecule has 0 spiro atoms. The molecule has 4 aromatic rings. The number of anilines is 1. The molecule has 0 bridgehead atoms. The summed E-state index contributed by atoms with van der Waals surface area (Å²) >= 11 is 0. The van der Waals surface area contributed by atoms with Crippen molar-refractivity contribution in [3.05, 3.63) is 82.8 Å². The first kappa shape index (κ1) is 15.1. The Kier molecular flexibility index (Phi) is 3.78. The zero-order valence-corrected chi connectivity index (χ0v) is 13.2. The molecule has 6 heteroatoms. The van der Waals surface area contributed by atoms with E-state index < -0.39 is 0 Å². The molecule has 0 aliphatic carbocycles. The van der Waals surface area contributed by atoms with E-state index in [9.17, 15) is 9.18 Å². The zero-order chi connectivity index (χ0) is 17.2. The second-order valence-corrected chi connectivity index (χ2v) is 5.78. The number of nitrogens with zero attached hydrogens (tertiary/aromatic N) is 1. The lowest BCUT2D eigenvalue weighted by Crippen LogP contribution is -2.00. The predicted octanol–water partition coefficient (Wildman–Crippen LogP) is 3.67. The Morgan fingerprint density at radius 2 is 1.72 bits per heavy atom. The molecule has 4 rings (SSSR count). The topological polar surface area (TPSA) is 73.6 Å². The third kappa shape index (κ3) is 3.28. The van der Waals surface area contributed by atoms with Gasteiger partial charge < -0.3 is 15.3 Å². The third-order valence-electron chi connectivity index (χ3n) is 3.99. The molecule has 0 aliphatic heterocycles. The molecule has 0 unspecified atom stereocenters. The smallest absolute Gasteiger partial charge is 0.323 e. The lowest BCUT2D eigenvalue weighted by Gasteiger charge is -2.08. The van der Waals surface area contributed by atoms with Crippen LogP contribution in [0.1, 0.15) is 5.56 Å². The van der Waals surface area contributed by atoms with Crippen molar-refractivity contribution in [2.24, 2.45) is 0 Å². The largest absolute Gasteiger partial charge is 0.381 e. The summed E-state index contributed by atoms with van der Waals surface area (Å²) in [6, 6.07) is 14.0. The van der Waals surface area contributed by atoms with Crippen LogP contribution in [-0.4, -0.2) is 15.0 Å². The molecule has 0 amide bonds. The van der Waals surface area contributed by atoms with Gasteiger partial charge in [0.15, 0.2) is 0 Å². The fraction of sp³-hybridized carbons (Fsp3) is 0.0526. The highest BCUT2D eigenvalue weighted by molar-refractivity contribution is 5.81. The van der Waals surface area contributed by atoms with E-state index >= 15 is 0 Å². The molecule has 0 radical (unpaired) electrons. The van der Waals surface area contributed by atoms with Crippen molar-refractivity contribution in [1.29, 1.82) is 0 Å². The number of imidazole rings is 1. The molecular formula is C19H15FN4O. The number of halogens is 1. The summed E-state index contributed by atoms with van der Waals surface area (Å²) in [5.41, 5.74) is 5.10. The molecule has 0 fully saturated rings. The summed E-state index contributed by atoms with van der Waals surface area (Å²) in [6.07, 6.45) is 3.57. The van der Waals surface area contributed by atoms with Crippen LogP contribution < -0.4 is 11.0 Å². The number of hydrogen-bond acceptors (Lipinski definition) is 3. The van der Waals surface area contributed by atoms with E-state index in [1.807, 2.05) is 24.3 Å². The Bertz CT molecular complexity index is 1080. The first-order chi connectivity index (χ1) is 12.2. The van der Waals surface area contributed by atoms with Gasteiger partial charge in [-0.25, -0.2) is 9.18 Å². The van der Waals surface area contributed by atoms with E-state index in [-0.39, 0.29) is 11.5 Å². The number of aromatic amines is 2. The van der Waals surface area contributed by atoms with Crippen molar-refractivity contribution in [3.63, 3.8) is 0 Å². The average molecular weight is 334 g/mol. The zero-order valence-electron chi connectivity index (χ0n) is 13.2. The molecule has 25 heavy (non-hydrogen) atoms. The van der Waals surface area contributed by atoms with E-state index in [2.05, 4.69) is 20.3 Å². The van der Waals surface area contributed by atoms with Crippen molar-refractivity contribution in [2.75, 3.05) is 5.32 Å². The molecule has 124 valence electrons. The van der Waals surface area contributed by atoms with E-state index in [0.29, 0.717) is 6.54 Å². The average Bonchev–Trinajstić information content (AvgIpc) is 3.00. The minimum atomic E-state index is -0.257. The van der Waals surface area contributed by atoms with Gasteiger partial charge in [-0.1, -0.05) is 6.07 Å². The Morgan fingerprint density at radius 1 is 0.920 bits per heavy atom. The number of nitrogens with one attached hydrogen (secondary N) is 3. The second-order valence-electron chi connectivity index (χ2n) is 5.78. The van der Waals surface area contributed by atoms with Crippen LogP contribution >= 0.6 is 0 Å².